The number of rotatable bonds is 1. The molecule has 0 atom stereocenters. The minimum absolute atomic E-state index is 0.0804. The Morgan fingerprint density at radius 3 is 2.38 bits per heavy atom. The van der Waals surface area contributed by atoms with Crippen LogP contribution in [0.3, 0.4) is 0 Å². The largest absolute Gasteiger partial charge is 0.414 e. The second-order valence-corrected chi connectivity index (χ2v) is 2.57. The molecule has 0 aliphatic rings. The summed E-state index contributed by atoms with van der Waals surface area (Å²) in [5, 5.41) is 2.31. The van der Waals surface area contributed by atoms with Gasteiger partial charge in [0.2, 0.25) is 0 Å². The molecule has 0 fully saturated rings. The van der Waals surface area contributed by atoms with Crippen LogP contribution < -0.4 is 10.1 Å². The average Bonchev–Trinajstić information content (AvgIpc) is 2.02. The molecule has 1 rings (SSSR count). The van der Waals surface area contributed by atoms with Crippen molar-refractivity contribution >= 4 is 6.09 Å². The predicted octanol–water partition coefficient (Wildman–Crippen LogP) is 0.812. The third-order valence-corrected chi connectivity index (χ3v) is 1.35. The first kappa shape index (κ1) is 9.44. The van der Waals surface area contributed by atoms with Crippen molar-refractivity contribution in [3.63, 3.8) is 0 Å². The van der Waals surface area contributed by atoms with E-state index >= 15 is 0 Å². The van der Waals surface area contributed by atoms with Crippen LogP contribution in [-0.4, -0.2) is 23.1 Å². The highest BCUT2D eigenvalue weighted by Gasteiger charge is 2.04. The van der Waals surface area contributed by atoms with Crippen LogP contribution in [0, 0.1) is 13.8 Å². The quantitative estimate of drug-likeness (QED) is 0.696. The molecule has 1 N–H and O–H groups in total. The number of nitrogens with zero attached hydrogens (tertiary/aromatic N) is 2. The fourth-order valence-corrected chi connectivity index (χ4v) is 0.873. The van der Waals surface area contributed by atoms with Gasteiger partial charge in [0.25, 0.3) is 0 Å². The van der Waals surface area contributed by atoms with Gasteiger partial charge in [-0.2, -0.15) is 0 Å². The third-order valence-electron chi connectivity index (χ3n) is 1.35. The summed E-state index contributed by atoms with van der Waals surface area (Å²) in [7, 11) is 1.48. The molecule has 1 heterocycles. The molecule has 0 radical (unpaired) electrons. The fourth-order valence-electron chi connectivity index (χ4n) is 0.873. The summed E-state index contributed by atoms with van der Waals surface area (Å²) >= 11 is 0. The van der Waals surface area contributed by atoms with E-state index in [1.807, 2.05) is 13.8 Å². The Morgan fingerprint density at radius 2 is 1.92 bits per heavy atom. The second kappa shape index (κ2) is 3.84. The molecule has 1 aromatic rings. The lowest BCUT2D eigenvalue weighted by Crippen LogP contribution is -2.23. The third kappa shape index (κ3) is 2.70. The van der Waals surface area contributed by atoms with E-state index in [0.717, 1.165) is 11.4 Å². The second-order valence-electron chi connectivity index (χ2n) is 2.57. The van der Waals surface area contributed by atoms with E-state index in [0.29, 0.717) is 0 Å². The van der Waals surface area contributed by atoms with Gasteiger partial charge in [0.15, 0.2) is 0 Å². The van der Waals surface area contributed by atoms with Crippen molar-refractivity contribution in [3.8, 4) is 6.01 Å². The van der Waals surface area contributed by atoms with E-state index in [2.05, 4.69) is 15.3 Å². The van der Waals surface area contributed by atoms with Gasteiger partial charge in [0, 0.05) is 18.4 Å². The molecule has 1 aromatic heterocycles. The fraction of sp³-hybridized carbons (Fsp3) is 0.375. The lowest BCUT2D eigenvalue weighted by Gasteiger charge is -2.02. The maximum absolute atomic E-state index is 10.8. The molecular formula is C8H11N3O2. The summed E-state index contributed by atoms with van der Waals surface area (Å²) in [6.45, 7) is 3.62. The summed E-state index contributed by atoms with van der Waals surface area (Å²) in [5.41, 5.74) is 1.54. The summed E-state index contributed by atoms with van der Waals surface area (Å²) in [5.74, 6) is 0. The first-order valence-corrected chi connectivity index (χ1v) is 3.83. The predicted molar refractivity (Wildman–Crippen MR) is 46.6 cm³/mol. The van der Waals surface area contributed by atoms with Crippen molar-refractivity contribution in [2.45, 2.75) is 13.8 Å². The van der Waals surface area contributed by atoms with Crippen molar-refractivity contribution < 1.29 is 9.53 Å². The molecular weight excluding hydrogens is 170 g/mol. The van der Waals surface area contributed by atoms with Gasteiger partial charge in [-0.1, -0.05) is 0 Å². The molecule has 0 saturated carbocycles. The van der Waals surface area contributed by atoms with E-state index in [9.17, 15) is 4.79 Å². The molecule has 0 unspecified atom stereocenters. The van der Waals surface area contributed by atoms with Crippen molar-refractivity contribution in [2.75, 3.05) is 7.05 Å². The lowest BCUT2D eigenvalue weighted by atomic mass is 10.4. The van der Waals surface area contributed by atoms with Crippen LogP contribution in [0.15, 0.2) is 6.07 Å². The first-order chi connectivity index (χ1) is 6.11. The summed E-state index contributed by atoms with van der Waals surface area (Å²) < 4.78 is 4.75. The number of carbonyl (C=O) groups excluding carboxylic acids is 1. The van der Waals surface area contributed by atoms with Gasteiger partial charge in [-0.25, -0.2) is 14.8 Å². The van der Waals surface area contributed by atoms with Gasteiger partial charge in [0.05, 0.1) is 0 Å². The summed E-state index contributed by atoms with van der Waals surface area (Å²) in [6.07, 6.45) is -0.565. The van der Waals surface area contributed by atoms with Gasteiger partial charge in [-0.3, -0.25) is 0 Å². The van der Waals surface area contributed by atoms with Crippen LogP contribution in [0.1, 0.15) is 11.4 Å². The molecule has 0 saturated heterocycles. The number of hydrogen-bond donors (Lipinski definition) is 1. The molecule has 13 heavy (non-hydrogen) atoms. The van der Waals surface area contributed by atoms with Crippen LogP contribution in [0.5, 0.6) is 6.01 Å². The SMILES string of the molecule is CNC(=O)Oc1nc(C)cc(C)n1. The number of hydrogen-bond acceptors (Lipinski definition) is 4. The molecule has 0 aliphatic carbocycles. The number of aromatic nitrogens is 2. The molecule has 0 bridgehead atoms. The Hall–Kier alpha value is -1.65. The van der Waals surface area contributed by atoms with Gasteiger partial charge in [-0.05, 0) is 19.9 Å². The Kier molecular flexibility index (Phi) is 2.79. The van der Waals surface area contributed by atoms with Crippen LogP contribution >= 0.6 is 0 Å². The van der Waals surface area contributed by atoms with E-state index in [1.165, 1.54) is 7.05 Å². The number of aryl methyl sites for hydroxylation is 2. The Bertz CT molecular complexity index is 305. The molecule has 5 nitrogen and oxygen atoms in total. The highest BCUT2D eigenvalue weighted by atomic mass is 16.6. The minimum atomic E-state index is -0.565. The molecule has 5 heteroatoms. The Labute approximate surface area is 76.2 Å². The van der Waals surface area contributed by atoms with Gasteiger partial charge in [0.1, 0.15) is 0 Å². The zero-order valence-electron chi connectivity index (χ0n) is 7.79. The van der Waals surface area contributed by atoms with Crippen LogP contribution in [0.2, 0.25) is 0 Å². The van der Waals surface area contributed by atoms with E-state index in [1.54, 1.807) is 6.07 Å². The van der Waals surface area contributed by atoms with Gasteiger partial charge in [-0.15, -0.1) is 0 Å². The maximum Gasteiger partial charge on any atom is 0.414 e. The van der Waals surface area contributed by atoms with Crippen molar-refractivity contribution in [2.24, 2.45) is 0 Å². The van der Waals surface area contributed by atoms with Crippen LogP contribution in [0.4, 0.5) is 4.79 Å². The van der Waals surface area contributed by atoms with E-state index in [-0.39, 0.29) is 6.01 Å². The van der Waals surface area contributed by atoms with Crippen molar-refractivity contribution in [3.05, 3.63) is 17.5 Å². The molecule has 0 aliphatic heterocycles. The van der Waals surface area contributed by atoms with E-state index < -0.39 is 6.09 Å². The molecule has 0 spiro atoms. The molecule has 70 valence electrons. The zero-order valence-corrected chi connectivity index (χ0v) is 7.79. The van der Waals surface area contributed by atoms with Gasteiger partial charge < -0.3 is 10.1 Å². The lowest BCUT2D eigenvalue weighted by molar-refractivity contribution is 0.198. The normalized spacial score (nSPS) is 9.46. The standard InChI is InChI=1S/C8H11N3O2/c1-5-4-6(2)11-7(10-5)13-8(12)9-3/h4H,1-3H3,(H,9,12). The van der Waals surface area contributed by atoms with Crippen molar-refractivity contribution in [1.29, 1.82) is 0 Å². The van der Waals surface area contributed by atoms with Gasteiger partial charge >= 0.3 is 12.1 Å². The minimum Gasteiger partial charge on any atom is -0.374 e. The Balaban J connectivity index is 2.83. The first-order valence-electron chi connectivity index (χ1n) is 3.83. The van der Waals surface area contributed by atoms with E-state index in [4.69, 9.17) is 4.74 Å². The summed E-state index contributed by atoms with van der Waals surface area (Å²) in [6, 6.07) is 1.88. The number of ether oxygens (including phenoxy) is 1. The highest BCUT2D eigenvalue weighted by Crippen LogP contribution is 2.05. The molecule has 1 amide bonds. The average molecular weight is 181 g/mol. The monoisotopic (exact) mass is 181 g/mol. The van der Waals surface area contributed by atoms with Crippen LogP contribution in [-0.2, 0) is 0 Å². The Morgan fingerprint density at radius 1 is 1.38 bits per heavy atom. The van der Waals surface area contributed by atoms with Crippen molar-refractivity contribution in [1.82, 2.24) is 15.3 Å². The van der Waals surface area contributed by atoms with Crippen LogP contribution in [0.25, 0.3) is 0 Å². The summed E-state index contributed by atoms with van der Waals surface area (Å²) in [4.78, 5) is 18.6. The highest BCUT2D eigenvalue weighted by molar-refractivity contribution is 5.68. The number of amides is 1. The number of nitrogens with one attached hydrogen (secondary N) is 1. The maximum atomic E-state index is 10.8. The topological polar surface area (TPSA) is 64.1 Å². The number of carbonyl (C=O) groups is 1. The zero-order chi connectivity index (χ0) is 9.84. The smallest absolute Gasteiger partial charge is 0.374 e. The molecule has 0 aromatic carbocycles.